The largest absolute Gasteiger partial charge is 0.298 e. The number of piperidine rings is 1. The Morgan fingerprint density at radius 1 is 1.55 bits per heavy atom. The van der Waals surface area contributed by atoms with Crippen LogP contribution >= 0.6 is 0 Å². The monoisotopic (exact) mass is 155 g/mol. The first-order valence-corrected chi connectivity index (χ1v) is 4.17. The molecule has 2 nitrogen and oxygen atoms in total. The lowest BCUT2D eigenvalue weighted by Gasteiger charge is -2.44. The summed E-state index contributed by atoms with van der Waals surface area (Å²) in [5.74, 6) is 0.855. The van der Waals surface area contributed by atoms with Crippen molar-refractivity contribution in [1.82, 2.24) is 4.90 Å². The molecule has 0 saturated carbocycles. The molecular weight excluding hydrogens is 138 g/mol. The van der Waals surface area contributed by atoms with Gasteiger partial charge in [0.05, 0.1) is 6.54 Å². The van der Waals surface area contributed by atoms with Gasteiger partial charge in [-0.05, 0) is 26.8 Å². The number of nitrogens with zero attached hydrogens (tertiary/aromatic N) is 1. The van der Waals surface area contributed by atoms with Crippen LogP contribution in [0.4, 0.5) is 0 Å². The maximum atomic E-state index is 11.1. The molecule has 0 radical (unpaired) electrons. The number of hydrogen-bond acceptors (Lipinski definition) is 2. The Kier molecular flexibility index (Phi) is 2.06. The third kappa shape index (κ3) is 1.45. The number of ketones is 1. The van der Waals surface area contributed by atoms with E-state index in [0.717, 1.165) is 6.42 Å². The predicted molar refractivity (Wildman–Crippen MR) is 45.5 cm³/mol. The van der Waals surface area contributed by atoms with Crippen molar-refractivity contribution >= 4 is 5.78 Å². The second-order valence-electron chi connectivity index (χ2n) is 4.15. The van der Waals surface area contributed by atoms with Gasteiger partial charge >= 0.3 is 0 Å². The maximum Gasteiger partial charge on any atom is 0.147 e. The molecule has 1 rings (SSSR count). The van der Waals surface area contributed by atoms with Crippen molar-refractivity contribution in [1.29, 1.82) is 0 Å². The summed E-state index contributed by atoms with van der Waals surface area (Å²) in [4.78, 5) is 13.3. The molecule has 0 aromatic heterocycles. The SMILES string of the molecule is CC1CC(=O)CN(C)C1(C)C. The summed E-state index contributed by atoms with van der Waals surface area (Å²) >= 11 is 0. The van der Waals surface area contributed by atoms with Gasteiger partial charge in [0, 0.05) is 12.0 Å². The summed E-state index contributed by atoms with van der Waals surface area (Å²) in [5.41, 5.74) is 0.188. The molecule has 1 heterocycles. The molecule has 0 aliphatic carbocycles. The Bertz CT molecular complexity index is 158. The Labute approximate surface area is 68.6 Å². The first-order chi connectivity index (χ1) is 4.94. The van der Waals surface area contributed by atoms with Crippen LogP contribution in [-0.2, 0) is 4.79 Å². The van der Waals surface area contributed by atoms with Crippen molar-refractivity contribution < 1.29 is 4.79 Å². The zero-order chi connectivity index (χ0) is 8.65. The summed E-state index contributed by atoms with van der Waals surface area (Å²) < 4.78 is 0. The van der Waals surface area contributed by atoms with Gasteiger partial charge in [-0.2, -0.15) is 0 Å². The second-order valence-corrected chi connectivity index (χ2v) is 4.15. The van der Waals surface area contributed by atoms with Crippen LogP contribution in [0.5, 0.6) is 0 Å². The summed E-state index contributed by atoms with van der Waals surface area (Å²) in [6, 6.07) is 0. The molecule has 1 saturated heterocycles. The zero-order valence-electron chi connectivity index (χ0n) is 7.85. The van der Waals surface area contributed by atoms with Crippen LogP contribution in [0.25, 0.3) is 0 Å². The Hall–Kier alpha value is -0.370. The van der Waals surface area contributed by atoms with Gasteiger partial charge in [-0.15, -0.1) is 0 Å². The molecule has 1 aliphatic rings. The fraction of sp³-hybridized carbons (Fsp3) is 0.889. The molecule has 2 heteroatoms. The molecule has 0 spiro atoms. The van der Waals surface area contributed by atoms with Crippen molar-refractivity contribution in [3.05, 3.63) is 0 Å². The highest BCUT2D eigenvalue weighted by molar-refractivity contribution is 5.81. The molecule has 0 bridgehead atoms. The van der Waals surface area contributed by atoms with Crippen molar-refractivity contribution in [2.75, 3.05) is 13.6 Å². The standard InChI is InChI=1S/C9H17NO/c1-7-5-8(11)6-10(4)9(7,2)3/h7H,5-6H2,1-4H3. The van der Waals surface area contributed by atoms with Crippen LogP contribution in [0.1, 0.15) is 27.2 Å². The number of hydrogen-bond donors (Lipinski definition) is 0. The van der Waals surface area contributed by atoms with Crippen LogP contribution < -0.4 is 0 Å². The summed E-state index contributed by atoms with van der Waals surface area (Å²) in [6.07, 6.45) is 0.747. The van der Waals surface area contributed by atoms with Crippen LogP contribution in [-0.4, -0.2) is 29.8 Å². The molecular formula is C9H17NO. The predicted octanol–water partition coefficient (Wildman–Crippen LogP) is 1.31. The van der Waals surface area contributed by atoms with E-state index in [1.165, 1.54) is 0 Å². The highest BCUT2D eigenvalue weighted by Crippen LogP contribution is 2.29. The van der Waals surface area contributed by atoms with Crippen LogP contribution in [0.15, 0.2) is 0 Å². The number of carbonyl (C=O) groups is 1. The van der Waals surface area contributed by atoms with Crippen LogP contribution in [0.3, 0.4) is 0 Å². The lowest BCUT2D eigenvalue weighted by molar-refractivity contribution is -0.127. The smallest absolute Gasteiger partial charge is 0.147 e. The highest BCUT2D eigenvalue weighted by Gasteiger charge is 2.36. The molecule has 0 aromatic carbocycles. The Morgan fingerprint density at radius 3 is 2.55 bits per heavy atom. The molecule has 0 amide bonds. The lowest BCUT2D eigenvalue weighted by atomic mass is 9.80. The van der Waals surface area contributed by atoms with Gasteiger partial charge in [0.2, 0.25) is 0 Å². The van der Waals surface area contributed by atoms with E-state index < -0.39 is 0 Å². The lowest BCUT2D eigenvalue weighted by Crippen LogP contribution is -2.53. The van der Waals surface area contributed by atoms with Crippen molar-refractivity contribution in [2.24, 2.45) is 5.92 Å². The first-order valence-electron chi connectivity index (χ1n) is 4.17. The zero-order valence-corrected chi connectivity index (χ0v) is 7.85. The van der Waals surface area contributed by atoms with E-state index in [2.05, 4.69) is 25.7 Å². The van der Waals surface area contributed by atoms with E-state index in [0.29, 0.717) is 18.2 Å². The number of likely N-dealkylation sites (N-methyl/N-ethyl adjacent to an activating group) is 1. The molecule has 11 heavy (non-hydrogen) atoms. The van der Waals surface area contributed by atoms with Gasteiger partial charge in [0.25, 0.3) is 0 Å². The summed E-state index contributed by atoms with van der Waals surface area (Å²) in [7, 11) is 2.02. The number of rotatable bonds is 0. The summed E-state index contributed by atoms with van der Waals surface area (Å²) in [6.45, 7) is 7.17. The average molecular weight is 155 g/mol. The van der Waals surface area contributed by atoms with Crippen LogP contribution in [0.2, 0.25) is 0 Å². The normalized spacial score (nSPS) is 32.4. The molecule has 0 aromatic rings. The topological polar surface area (TPSA) is 20.3 Å². The minimum atomic E-state index is 0.188. The van der Waals surface area contributed by atoms with E-state index in [9.17, 15) is 4.79 Å². The molecule has 64 valence electrons. The van der Waals surface area contributed by atoms with E-state index in [4.69, 9.17) is 0 Å². The quantitative estimate of drug-likeness (QED) is 0.525. The van der Waals surface area contributed by atoms with Gasteiger partial charge in [-0.3, -0.25) is 9.69 Å². The summed E-state index contributed by atoms with van der Waals surface area (Å²) in [5, 5.41) is 0. The maximum absolute atomic E-state index is 11.1. The number of Topliss-reactive ketones (excluding diaryl/α,β-unsaturated/α-hetero) is 1. The molecule has 1 aliphatic heterocycles. The van der Waals surface area contributed by atoms with Crippen molar-refractivity contribution in [2.45, 2.75) is 32.7 Å². The van der Waals surface area contributed by atoms with Gasteiger partial charge < -0.3 is 0 Å². The molecule has 0 N–H and O–H groups in total. The molecule has 1 atom stereocenters. The minimum absolute atomic E-state index is 0.188. The fourth-order valence-electron chi connectivity index (χ4n) is 1.50. The van der Waals surface area contributed by atoms with Gasteiger partial charge in [-0.1, -0.05) is 6.92 Å². The van der Waals surface area contributed by atoms with Gasteiger partial charge in [0.15, 0.2) is 0 Å². The fourth-order valence-corrected chi connectivity index (χ4v) is 1.50. The van der Waals surface area contributed by atoms with Gasteiger partial charge in [0.1, 0.15) is 5.78 Å². The van der Waals surface area contributed by atoms with Gasteiger partial charge in [-0.25, -0.2) is 0 Å². The molecule has 1 fully saturated rings. The van der Waals surface area contributed by atoms with Crippen LogP contribution in [0, 0.1) is 5.92 Å². The minimum Gasteiger partial charge on any atom is -0.298 e. The Morgan fingerprint density at radius 2 is 2.09 bits per heavy atom. The first kappa shape index (κ1) is 8.72. The average Bonchev–Trinajstić information content (AvgIpc) is 1.84. The second kappa shape index (κ2) is 2.59. The highest BCUT2D eigenvalue weighted by atomic mass is 16.1. The van der Waals surface area contributed by atoms with E-state index in [1.54, 1.807) is 0 Å². The number of likely N-dealkylation sites (tertiary alicyclic amines) is 1. The van der Waals surface area contributed by atoms with Crippen molar-refractivity contribution in [3.8, 4) is 0 Å². The van der Waals surface area contributed by atoms with E-state index >= 15 is 0 Å². The third-order valence-electron chi connectivity index (χ3n) is 3.14. The van der Waals surface area contributed by atoms with E-state index in [1.807, 2.05) is 7.05 Å². The third-order valence-corrected chi connectivity index (χ3v) is 3.14. The van der Waals surface area contributed by atoms with Crippen molar-refractivity contribution in [3.63, 3.8) is 0 Å². The molecule has 1 unspecified atom stereocenters. The Balaban J connectivity index is 2.75. The number of carbonyl (C=O) groups excluding carboxylic acids is 1. The van der Waals surface area contributed by atoms with E-state index in [-0.39, 0.29) is 5.54 Å².